The molecule has 0 bridgehead atoms. The number of hydrogen-bond acceptors (Lipinski definition) is 4. The van der Waals surface area contributed by atoms with Crippen LogP contribution in [0.5, 0.6) is 17.4 Å². The zero-order chi connectivity index (χ0) is 19.4. The highest BCUT2D eigenvalue weighted by Gasteiger charge is 2.24. The molecule has 0 saturated carbocycles. The van der Waals surface area contributed by atoms with E-state index in [0.717, 1.165) is 29.5 Å². The topological polar surface area (TPSA) is 68.7 Å². The zero-order valence-corrected chi connectivity index (χ0v) is 16.3. The molecule has 0 spiro atoms. The number of ether oxygens (including phenoxy) is 2. The number of pyridine rings is 1. The second kappa shape index (κ2) is 8.21. The average Bonchev–Trinajstić information content (AvgIpc) is 2.55. The van der Waals surface area contributed by atoms with E-state index in [0.29, 0.717) is 17.2 Å². The van der Waals surface area contributed by atoms with Gasteiger partial charge >= 0.3 is 5.97 Å². The summed E-state index contributed by atoms with van der Waals surface area (Å²) in [6, 6.07) is 5.66. The number of aromatic nitrogens is 1. The maximum absolute atomic E-state index is 11.9. The molecule has 0 atom stereocenters. The third-order valence-corrected chi connectivity index (χ3v) is 4.30. The van der Waals surface area contributed by atoms with Gasteiger partial charge in [0.05, 0.1) is 6.10 Å². The lowest BCUT2D eigenvalue weighted by Gasteiger charge is -2.20. The lowest BCUT2D eigenvalue weighted by molar-refractivity contribution is 0.0684. The van der Waals surface area contributed by atoms with Crippen LogP contribution in [-0.4, -0.2) is 22.2 Å². The van der Waals surface area contributed by atoms with Crippen molar-refractivity contribution in [3.8, 4) is 17.4 Å². The highest BCUT2D eigenvalue weighted by Crippen LogP contribution is 2.35. The second-order valence-corrected chi connectivity index (χ2v) is 6.63. The Kier molecular flexibility index (Phi) is 6.24. The van der Waals surface area contributed by atoms with E-state index < -0.39 is 5.97 Å². The van der Waals surface area contributed by atoms with Crippen LogP contribution >= 0.6 is 0 Å². The monoisotopic (exact) mass is 357 g/mol. The van der Waals surface area contributed by atoms with Crippen molar-refractivity contribution in [1.82, 2.24) is 4.98 Å². The first-order chi connectivity index (χ1) is 12.3. The summed E-state index contributed by atoms with van der Waals surface area (Å²) in [5.41, 5.74) is 3.60. The summed E-state index contributed by atoms with van der Waals surface area (Å²) in [6.07, 6.45) is 1.54. The molecule has 0 radical (unpaired) electrons. The van der Waals surface area contributed by atoms with E-state index in [1.54, 1.807) is 13.0 Å². The van der Waals surface area contributed by atoms with Gasteiger partial charge in [-0.25, -0.2) is 9.78 Å². The lowest BCUT2D eigenvalue weighted by Crippen LogP contribution is -2.17. The Morgan fingerprint density at radius 1 is 1.08 bits per heavy atom. The summed E-state index contributed by atoms with van der Waals surface area (Å²) < 4.78 is 11.9. The molecule has 1 aromatic carbocycles. The summed E-state index contributed by atoms with van der Waals surface area (Å²) in [7, 11) is 0. The number of hydrogen-bond donors (Lipinski definition) is 1. The molecule has 0 fully saturated rings. The Morgan fingerprint density at radius 3 is 2.15 bits per heavy atom. The maximum atomic E-state index is 11.9. The van der Waals surface area contributed by atoms with Crippen LogP contribution in [-0.2, 0) is 0 Å². The molecule has 5 nitrogen and oxygen atoms in total. The van der Waals surface area contributed by atoms with Gasteiger partial charge in [-0.2, -0.15) is 0 Å². The summed E-state index contributed by atoms with van der Waals surface area (Å²) in [5, 5.41) is 9.76. The molecule has 2 rings (SSSR count). The first-order valence-electron chi connectivity index (χ1n) is 8.94. The molecule has 0 saturated heterocycles. The Hall–Kier alpha value is -2.56. The molecule has 1 heterocycles. The quantitative estimate of drug-likeness (QED) is 0.721. The van der Waals surface area contributed by atoms with Gasteiger partial charge in [0.15, 0.2) is 5.56 Å². The fourth-order valence-electron chi connectivity index (χ4n) is 3.04. The van der Waals surface area contributed by atoms with Crippen LogP contribution in [0, 0.1) is 27.7 Å². The first kappa shape index (κ1) is 19.8. The van der Waals surface area contributed by atoms with Crippen LogP contribution in [0.1, 0.15) is 59.4 Å². The van der Waals surface area contributed by atoms with Gasteiger partial charge in [0.1, 0.15) is 11.5 Å². The SMILES string of the molecule is CCC(CC)Oc1cc(C)nc(Oc2c(C)cc(C)cc2C)c1C(=O)O. The predicted octanol–water partition coefficient (Wildman–Crippen LogP) is 5.37. The van der Waals surface area contributed by atoms with Crippen LogP contribution in [0.25, 0.3) is 0 Å². The summed E-state index contributed by atoms with van der Waals surface area (Å²) in [6.45, 7) is 11.7. The fraction of sp³-hybridized carbons (Fsp3) is 0.429. The number of aromatic carboxylic acids is 1. The van der Waals surface area contributed by atoms with Crippen molar-refractivity contribution in [2.24, 2.45) is 0 Å². The Morgan fingerprint density at radius 2 is 1.65 bits per heavy atom. The number of rotatable bonds is 7. The Labute approximate surface area is 155 Å². The predicted molar refractivity (Wildman–Crippen MR) is 102 cm³/mol. The van der Waals surface area contributed by atoms with Gasteiger partial charge in [-0.05, 0) is 51.7 Å². The van der Waals surface area contributed by atoms with E-state index in [4.69, 9.17) is 9.47 Å². The van der Waals surface area contributed by atoms with E-state index in [2.05, 4.69) is 4.98 Å². The Balaban J connectivity index is 2.55. The van der Waals surface area contributed by atoms with Gasteiger partial charge in [-0.1, -0.05) is 31.5 Å². The highest BCUT2D eigenvalue weighted by atomic mass is 16.5. The first-order valence-corrected chi connectivity index (χ1v) is 8.94. The van der Waals surface area contributed by atoms with Crippen LogP contribution in [0.4, 0.5) is 0 Å². The van der Waals surface area contributed by atoms with Crippen molar-refractivity contribution >= 4 is 5.97 Å². The molecule has 26 heavy (non-hydrogen) atoms. The average molecular weight is 357 g/mol. The van der Waals surface area contributed by atoms with E-state index in [-0.39, 0.29) is 17.5 Å². The molecule has 140 valence electrons. The fourth-order valence-corrected chi connectivity index (χ4v) is 3.04. The van der Waals surface area contributed by atoms with E-state index in [1.807, 2.05) is 46.8 Å². The Bertz CT molecular complexity index is 787. The van der Waals surface area contributed by atoms with Crippen molar-refractivity contribution in [3.63, 3.8) is 0 Å². The molecule has 0 aliphatic heterocycles. The second-order valence-electron chi connectivity index (χ2n) is 6.63. The lowest BCUT2D eigenvalue weighted by atomic mass is 10.1. The number of benzene rings is 1. The number of carbonyl (C=O) groups is 1. The van der Waals surface area contributed by atoms with Gasteiger partial charge in [0.25, 0.3) is 0 Å². The van der Waals surface area contributed by atoms with Crippen LogP contribution in [0.2, 0.25) is 0 Å². The molecular formula is C21H27NO4. The number of nitrogens with zero attached hydrogens (tertiary/aromatic N) is 1. The maximum Gasteiger partial charge on any atom is 0.345 e. The molecule has 1 N–H and O–H groups in total. The minimum absolute atomic E-state index is 0.0399. The molecule has 0 aliphatic rings. The van der Waals surface area contributed by atoms with E-state index in [1.165, 1.54) is 0 Å². The van der Waals surface area contributed by atoms with Gasteiger partial charge in [0, 0.05) is 11.8 Å². The summed E-state index contributed by atoms with van der Waals surface area (Å²) >= 11 is 0. The summed E-state index contributed by atoms with van der Waals surface area (Å²) in [4.78, 5) is 16.3. The third kappa shape index (κ3) is 4.34. The number of carboxylic acids is 1. The van der Waals surface area contributed by atoms with Crippen LogP contribution in [0.15, 0.2) is 18.2 Å². The molecule has 5 heteroatoms. The molecule has 0 aliphatic carbocycles. The van der Waals surface area contributed by atoms with Gasteiger partial charge < -0.3 is 14.6 Å². The normalized spacial score (nSPS) is 10.9. The van der Waals surface area contributed by atoms with Crippen LogP contribution in [0.3, 0.4) is 0 Å². The molecule has 1 aromatic heterocycles. The summed E-state index contributed by atoms with van der Waals surface area (Å²) in [5.74, 6) is -0.120. The van der Waals surface area contributed by atoms with E-state index in [9.17, 15) is 9.90 Å². The minimum atomic E-state index is -1.11. The molecule has 0 unspecified atom stereocenters. The highest BCUT2D eigenvalue weighted by molar-refractivity contribution is 5.93. The molecule has 0 amide bonds. The number of aryl methyl sites for hydroxylation is 4. The van der Waals surface area contributed by atoms with Crippen molar-refractivity contribution in [3.05, 3.63) is 46.1 Å². The zero-order valence-electron chi connectivity index (χ0n) is 16.3. The van der Waals surface area contributed by atoms with Gasteiger partial charge in [-0.15, -0.1) is 0 Å². The smallest absolute Gasteiger partial charge is 0.345 e. The minimum Gasteiger partial charge on any atom is -0.489 e. The number of carboxylic acid groups (broad SMARTS) is 1. The largest absolute Gasteiger partial charge is 0.489 e. The standard InChI is InChI=1S/C21H27NO4/c1-7-16(8-2)25-17-11-15(6)22-20(18(17)21(23)24)26-19-13(4)9-12(3)10-14(19)5/h9-11,16H,7-8H2,1-6H3,(H,23,24). The van der Waals surface area contributed by atoms with Gasteiger partial charge in [0.2, 0.25) is 5.88 Å². The third-order valence-electron chi connectivity index (χ3n) is 4.30. The van der Waals surface area contributed by atoms with Gasteiger partial charge in [-0.3, -0.25) is 0 Å². The van der Waals surface area contributed by atoms with E-state index >= 15 is 0 Å². The van der Waals surface area contributed by atoms with Crippen molar-refractivity contribution < 1.29 is 19.4 Å². The molecule has 2 aromatic rings. The van der Waals surface area contributed by atoms with Crippen molar-refractivity contribution in [1.29, 1.82) is 0 Å². The van der Waals surface area contributed by atoms with Crippen LogP contribution < -0.4 is 9.47 Å². The van der Waals surface area contributed by atoms with Crippen molar-refractivity contribution in [2.45, 2.75) is 60.5 Å². The molecular weight excluding hydrogens is 330 g/mol. The van der Waals surface area contributed by atoms with Crippen molar-refractivity contribution in [2.75, 3.05) is 0 Å².